The number of aromatic nitrogens is 1. The summed E-state index contributed by atoms with van der Waals surface area (Å²) in [5, 5.41) is 3.72. The van der Waals surface area contributed by atoms with Gasteiger partial charge in [-0.3, -0.25) is 4.79 Å². The van der Waals surface area contributed by atoms with E-state index in [0.29, 0.717) is 11.5 Å². The smallest absolute Gasteiger partial charge is 0.271 e. The van der Waals surface area contributed by atoms with Crippen LogP contribution in [0.2, 0.25) is 0 Å². The monoisotopic (exact) mass is 306 g/mol. The van der Waals surface area contributed by atoms with Gasteiger partial charge in [0.05, 0.1) is 18.4 Å². The van der Waals surface area contributed by atoms with Crippen LogP contribution in [0, 0.1) is 6.92 Å². The van der Waals surface area contributed by atoms with Crippen molar-refractivity contribution in [2.45, 2.75) is 38.8 Å². The molecule has 5 nitrogen and oxygen atoms in total. The molecule has 3 heterocycles. The fourth-order valence-corrected chi connectivity index (χ4v) is 3.36. The molecule has 0 unspecified atom stereocenters. The normalized spacial score (nSPS) is 19.6. The standard InChI is InChI=1S/C15H18N2O3S/c1-9(11-5-3-7-19-11)16-14(18)13-10(2)21-15(17-13)12-6-4-8-20-12/h4,6,8-9,11H,3,5,7H2,1-2H3,(H,16,18)/t9-,11+/m1/s1. The Bertz CT molecular complexity index is 615. The van der Waals surface area contributed by atoms with Crippen molar-refractivity contribution in [2.24, 2.45) is 0 Å². The van der Waals surface area contributed by atoms with Crippen LogP contribution in [0.4, 0.5) is 0 Å². The van der Waals surface area contributed by atoms with E-state index in [1.807, 2.05) is 26.0 Å². The quantitative estimate of drug-likeness (QED) is 0.943. The van der Waals surface area contributed by atoms with Crippen LogP contribution in [-0.4, -0.2) is 29.6 Å². The van der Waals surface area contributed by atoms with Crippen molar-refractivity contribution in [3.8, 4) is 10.8 Å². The molecule has 3 rings (SSSR count). The Morgan fingerprint density at radius 2 is 2.43 bits per heavy atom. The number of nitrogens with one attached hydrogen (secondary N) is 1. The summed E-state index contributed by atoms with van der Waals surface area (Å²) >= 11 is 1.46. The van der Waals surface area contributed by atoms with Crippen LogP contribution in [0.25, 0.3) is 10.8 Å². The maximum absolute atomic E-state index is 12.4. The number of furan rings is 1. The molecule has 2 atom stereocenters. The van der Waals surface area contributed by atoms with Crippen LogP contribution in [-0.2, 0) is 4.74 Å². The van der Waals surface area contributed by atoms with Gasteiger partial charge in [-0.05, 0) is 38.8 Å². The zero-order valence-corrected chi connectivity index (χ0v) is 12.9. The van der Waals surface area contributed by atoms with Crippen LogP contribution in [0.15, 0.2) is 22.8 Å². The second-order valence-electron chi connectivity index (χ2n) is 5.21. The van der Waals surface area contributed by atoms with Crippen LogP contribution < -0.4 is 5.32 Å². The summed E-state index contributed by atoms with van der Waals surface area (Å²) in [5.41, 5.74) is 0.469. The lowest BCUT2D eigenvalue weighted by molar-refractivity contribution is 0.0709. The van der Waals surface area contributed by atoms with Crippen molar-refractivity contribution in [2.75, 3.05) is 6.61 Å². The molecule has 0 radical (unpaired) electrons. The van der Waals surface area contributed by atoms with Crippen molar-refractivity contribution in [3.05, 3.63) is 29.0 Å². The topological polar surface area (TPSA) is 64.4 Å². The van der Waals surface area contributed by atoms with Gasteiger partial charge in [-0.2, -0.15) is 0 Å². The van der Waals surface area contributed by atoms with Crippen molar-refractivity contribution >= 4 is 17.2 Å². The molecule has 1 amide bonds. The highest BCUT2D eigenvalue weighted by molar-refractivity contribution is 7.15. The number of ether oxygens (including phenoxy) is 1. The molecule has 1 saturated heterocycles. The third-order valence-electron chi connectivity index (χ3n) is 3.62. The van der Waals surface area contributed by atoms with Gasteiger partial charge in [-0.1, -0.05) is 0 Å². The minimum atomic E-state index is -0.149. The van der Waals surface area contributed by atoms with Gasteiger partial charge in [0, 0.05) is 11.5 Å². The van der Waals surface area contributed by atoms with Crippen LogP contribution in [0.3, 0.4) is 0 Å². The van der Waals surface area contributed by atoms with E-state index in [2.05, 4.69) is 10.3 Å². The van der Waals surface area contributed by atoms with Crippen LogP contribution in [0.1, 0.15) is 35.1 Å². The largest absolute Gasteiger partial charge is 0.462 e. The molecule has 21 heavy (non-hydrogen) atoms. The van der Waals surface area contributed by atoms with E-state index in [1.54, 1.807) is 6.26 Å². The van der Waals surface area contributed by atoms with Crippen molar-refractivity contribution in [3.63, 3.8) is 0 Å². The minimum absolute atomic E-state index is 0.00633. The summed E-state index contributed by atoms with van der Waals surface area (Å²) in [6.07, 6.45) is 3.77. The number of amides is 1. The molecule has 2 aromatic heterocycles. The lowest BCUT2D eigenvalue weighted by Crippen LogP contribution is -2.41. The molecule has 1 N–H and O–H groups in total. The van der Waals surface area contributed by atoms with Gasteiger partial charge in [0.25, 0.3) is 5.91 Å². The van der Waals surface area contributed by atoms with Crippen molar-refractivity contribution in [1.29, 1.82) is 0 Å². The molecule has 6 heteroatoms. The first-order chi connectivity index (χ1) is 10.1. The average Bonchev–Trinajstić information content (AvgIpc) is 3.20. The van der Waals surface area contributed by atoms with Gasteiger partial charge in [0.1, 0.15) is 5.69 Å². The number of carbonyl (C=O) groups is 1. The molecule has 0 aliphatic carbocycles. The fourth-order valence-electron chi connectivity index (χ4n) is 2.48. The second kappa shape index (κ2) is 5.99. The maximum atomic E-state index is 12.4. The lowest BCUT2D eigenvalue weighted by Gasteiger charge is -2.19. The number of aryl methyl sites for hydroxylation is 1. The number of hydrogen-bond donors (Lipinski definition) is 1. The van der Waals surface area contributed by atoms with E-state index >= 15 is 0 Å². The van der Waals surface area contributed by atoms with E-state index in [9.17, 15) is 4.79 Å². The van der Waals surface area contributed by atoms with Crippen LogP contribution >= 0.6 is 11.3 Å². The Morgan fingerprint density at radius 1 is 1.57 bits per heavy atom. The highest BCUT2D eigenvalue weighted by Gasteiger charge is 2.25. The van der Waals surface area contributed by atoms with Gasteiger partial charge in [0.15, 0.2) is 10.8 Å². The predicted octanol–water partition coefficient (Wildman–Crippen LogP) is 3.01. The summed E-state index contributed by atoms with van der Waals surface area (Å²) in [7, 11) is 0. The summed E-state index contributed by atoms with van der Waals surface area (Å²) in [4.78, 5) is 17.7. The third kappa shape index (κ3) is 3.01. The molecule has 1 aliphatic heterocycles. The van der Waals surface area contributed by atoms with E-state index in [0.717, 1.165) is 29.3 Å². The zero-order chi connectivity index (χ0) is 14.8. The van der Waals surface area contributed by atoms with Gasteiger partial charge in [-0.15, -0.1) is 11.3 Å². The molecule has 2 aromatic rings. The molecule has 0 bridgehead atoms. The minimum Gasteiger partial charge on any atom is -0.462 e. The molecule has 1 aliphatic rings. The lowest BCUT2D eigenvalue weighted by atomic mass is 10.1. The number of hydrogen-bond acceptors (Lipinski definition) is 5. The summed E-state index contributed by atoms with van der Waals surface area (Å²) in [5.74, 6) is 0.541. The van der Waals surface area contributed by atoms with Gasteiger partial charge < -0.3 is 14.5 Å². The SMILES string of the molecule is Cc1sc(-c2ccco2)nc1C(=O)N[C@H](C)[C@@H]1CCCO1. The molecule has 0 aromatic carbocycles. The Kier molecular flexibility index (Phi) is 4.07. The first kappa shape index (κ1) is 14.3. The fraction of sp³-hybridized carbons (Fsp3) is 0.467. The molecule has 1 fully saturated rings. The average molecular weight is 306 g/mol. The predicted molar refractivity (Wildman–Crippen MR) is 80.5 cm³/mol. The second-order valence-corrected chi connectivity index (χ2v) is 6.42. The third-order valence-corrected chi connectivity index (χ3v) is 4.61. The van der Waals surface area contributed by atoms with Crippen molar-refractivity contribution in [1.82, 2.24) is 10.3 Å². The van der Waals surface area contributed by atoms with E-state index < -0.39 is 0 Å². The summed E-state index contributed by atoms with van der Waals surface area (Å²) in [6, 6.07) is 3.65. The number of nitrogens with zero attached hydrogens (tertiary/aromatic N) is 1. The Labute approximate surface area is 127 Å². The summed E-state index contributed by atoms with van der Waals surface area (Å²) in [6.45, 7) is 4.65. The Hall–Kier alpha value is -1.66. The summed E-state index contributed by atoms with van der Waals surface area (Å²) < 4.78 is 10.9. The highest BCUT2D eigenvalue weighted by Crippen LogP contribution is 2.28. The Morgan fingerprint density at radius 3 is 3.10 bits per heavy atom. The van der Waals surface area contributed by atoms with E-state index in [1.165, 1.54) is 11.3 Å². The number of carbonyl (C=O) groups excluding carboxylic acids is 1. The van der Waals surface area contributed by atoms with Gasteiger partial charge in [-0.25, -0.2) is 4.98 Å². The first-order valence-corrected chi connectivity index (χ1v) is 7.90. The Balaban J connectivity index is 1.72. The molecule has 112 valence electrons. The zero-order valence-electron chi connectivity index (χ0n) is 12.1. The molecular formula is C15H18N2O3S. The number of rotatable bonds is 4. The van der Waals surface area contributed by atoms with Crippen molar-refractivity contribution < 1.29 is 13.9 Å². The van der Waals surface area contributed by atoms with Crippen LogP contribution in [0.5, 0.6) is 0 Å². The first-order valence-electron chi connectivity index (χ1n) is 7.09. The van der Waals surface area contributed by atoms with E-state index in [4.69, 9.17) is 9.15 Å². The number of thiazole rings is 1. The molecule has 0 saturated carbocycles. The highest BCUT2D eigenvalue weighted by atomic mass is 32.1. The van der Waals surface area contributed by atoms with Gasteiger partial charge in [0.2, 0.25) is 0 Å². The van der Waals surface area contributed by atoms with Gasteiger partial charge >= 0.3 is 0 Å². The van der Waals surface area contributed by atoms with E-state index in [-0.39, 0.29) is 18.1 Å². The molecule has 0 spiro atoms. The maximum Gasteiger partial charge on any atom is 0.271 e. The molecular weight excluding hydrogens is 288 g/mol.